The fourth-order valence-electron chi connectivity index (χ4n) is 2.78. The first kappa shape index (κ1) is 17.5. The average Bonchev–Trinajstić information content (AvgIpc) is 3.37. The first-order valence-corrected chi connectivity index (χ1v) is 7.78. The number of nitrogen functional groups attached to an aromatic ring is 2. The molecule has 2 amide bonds. The van der Waals surface area contributed by atoms with Crippen molar-refractivity contribution in [3.05, 3.63) is 83.2 Å². The van der Waals surface area contributed by atoms with Gasteiger partial charge in [-0.15, -0.1) is 0 Å². The van der Waals surface area contributed by atoms with Crippen LogP contribution in [0.1, 0.15) is 45.1 Å². The third kappa shape index (κ3) is 2.87. The molecule has 26 heavy (non-hydrogen) atoms. The van der Waals surface area contributed by atoms with E-state index in [0.717, 1.165) is 5.56 Å². The van der Waals surface area contributed by atoms with Crippen molar-refractivity contribution in [3.8, 4) is 0 Å². The molecule has 0 fully saturated rings. The molecular formula is C18H18N4O4. The zero-order valence-corrected chi connectivity index (χ0v) is 14.0. The van der Waals surface area contributed by atoms with E-state index in [1.54, 1.807) is 12.1 Å². The maximum absolute atomic E-state index is 11.7. The van der Waals surface area contributed by atoms with Gasteiger partial charge in [0.1, 0.15) is 16.9 Å². The van der Waals surface area contributed by atoms with E-state index in [0.29, 0.717) is 11.5 Å². The van der Waals surface area contributed by atoms with Crippen LogP contribution in [-0.4, -0.2) is 11.8 Å². The minimum atomic E-state index is -0.887. The zero-order chi connectivity index (χ0) is 18.7. The Morgan fingerprint density at radius 3 is 1.69 bits per heavy atom. The molecule has 0 aliphatic carbocycles. The number of nitrogens with two attached hydrogens (primary N) is 2. The monoisotopic (exact) mass is 354 g/mol. The molecule has 0 aliphatic heterocycles. The largest absolute Gasteiger partial charge is 0.454 e. The highest BCUT2D eigenvalue weighted by molar-refractivity contribution is 5.91. The van der Waals surface area contributed by atoms with Gasteiger partial charge in [-0.1, -0.05) is 30.3 Å². The SMILES string of the molecule is CC(c1ccccc1)(c1ccc(C(=O)NN)o1)c1ccc(C(=O)NN)o1. The first-order valence-electron chi connectivity index (χ1n) is 7.78. The number of nitrogens with one attached hydrogen (secondary N) is 2. The van der Waals surface area contributed by atoms with E-state index in [1.807, 2.05) is 48.1 Å². The molecule has 0 saturated heterocycles. The second kappa shape index (κ2) is 6.87. The predicted molar refractivity (Wildman–Crippen MR) is 92.7 cm³/mol. The summed E-state index contributed by atoms with van der Waals surface area (Å²) >= 11 is 0. The minimum Gasteiger partial charge on any atom is -0.454 e. The molecule has 0 atom stereocenters. The standard InChI is InChI=1S/C18H18N4O4/c1-18(11-5-3-2-4-6-11,14-9-7-12(25-14)16(23)21-19)15-10-8-13(26-15)17(24)22-20/h2-10H,19-20H2,1H3,(H,21,23)(H,22,24). The molecule has 0 aliphatic rings. The van der Waals surface area contributed by atoms with Gasteiger partial charge in [-0.05, 0) is 36.8 Å². The van der Waals surface area contributed by atoms with Gasteiger partial charge in [0.05, 0.1) is 0 Å². The Morgan fingerprint density at radius 2 is 1.27 bits per heavy atom. The lowest BCUT2D eigenvalue weighted by Gasteiger charge is -2.26. The number of benzene rings is 1. The molecule has 0 saturated carbocycles. The van der Waals surface area contributed by atoms with Crippen LogP contribution in [0.15, 0.2) is 63.4 Å². The number of hydrogen-bond donors (Lipinski definition) is 4. The van der Waals surface area contributed by atoms with Crippen molar-refractivity contribution in [2.24, 2.45) is 11.7 Å². The third-order valence-electron chi connectivity index (χ3n) is 4.26. The highest BCUT2D eigenvalue weighted by Crippen LogP contribution is 2.40. The van der Waals surface area contributed by atoms with Crippen LogP contribution in [0.3, 0.4) is 0 Å². The number of rotatable bonds is 5. The molecule has 0 spiro atoms. The number of furan rings is 2. The summed E-state index contributed by atoms with van der Waals surface area (Å²) in [6.45, 7) is 1.87. The molecule has 1 aromatic carbocycles. The smallest absolute Gasteiger partial charge is 0.300 e. The van der Waals surface area contributed by atoms with Gasteiger partial charge in [-0.3, -0.25) is 20.4 Å². The lowest BCUT2D eigenvalue weighted by atomic mass is 9.78. The van der Waals surface area contributed by atoms with Crippen LogP contribution in [0.4, 0.5) is 0 Å². The number of carbonyl (C=O) groups is 2. The number of carbonyl (C=O) groups excluding carboxylic acids is 2. The van der Waals surface area contributed by atoms with Crippen LogP contribution in [-0.2, 0) is 5.41 Å². The van der Waals surface area contributed by atoms with Crippen LogP contribution in [0.5, 0.6) is 0 Å². The van der Waals surface area contributed by atoms with Crippen molar-refractivity contribution in [1.29, 1.82) is 0 Å². The lowest BCUT2D eigenvalue weighted by molar-refractivity contribution is 0.0919. The van der Waals surface area contributed by atoms with E-state index >= 15 is 0 Å². The van der Waals surface area contributed by atoms with Gasteiger partial charge in [0.2, 0.25) is 0 Å². The summed E-state index contributed by atoms with van der Waals surface area (Å²) in [4.78, 5) is 23.5. The molecule has 0 bridgehead atoms. The summed E-state index contributed by atoms with van der Waals surface area (Å²) in [6.07, 6.45) is 0. The number of hydrogen-bond acceptors (Lipinski definition) is 6. The highest BCUT2D eigenvalue weighted by atomic mass is 16.4. The van der Waals surface area contributed by atoms with Gasteiger partial charge in [0.25, 0.3) is 0 Å². The van der Waals surface area contributed by atoms with E-state index in [1.165, 1.54) is 12.1 Å². The van der Waals surface area contributed by atoms with Crippen LogP contribution in [0.2, 0.25) is 0 Å². The first-order chi connectivity index (χ1) is 12.5. The van der Waals surface area contributed by atoms with Crippen LogP contribution >= 0.6 is 0 Å². The molecule has 3 rings (SSSR count). The second-order valence-electron chi connectivity index (χ2n) is 5.77. The summed E-state index contributed by atoms with van der Waals surface area (Å²) in [6, 6.07) is 15.8. The fraction of sp³-hybridized carbons (Fsp3) is 0.111. The van der Waals surface area contributed by atoms with Gasteiger partial charge < -0.3 is 8.83 Å². The topological polar surface area (TPSA) is 137 Å². The maximum atomic E-state index is 11.7. The summed E-state index contributed by atoms with van der Waals surface area (Å²) in [5, 5.41) is 0. The highest BCUT2D eigenvalue weighted by Gasteiger charge is 2.38. The van der Waals surface area contributed by atoms with Crippen molar-refractivity contribution < 1.29 is 18.4 Å². The summed E-state index contributed by atoms with van der Waals surface area (Å²) in [5.41, 5.74) is 4.02. The van der Waals surface area contributed by atoms with Gasteiger partial charge >= 0.3 is 11.8 Å². The van der Waals surface area contributed by atoms with Crippen molar-refractivity contribution >= 4 is 11.8 Å². The van der Waals surface area contributed by atoms with E-state index in [2.05, 4.69) is 0 Å². The molecular weight excluding hydrogens is 336 g/mol. The van der Waals surface area contributed by atoms with E-state index in [-0.39, 0.29) is 11.5 Å². The Balaban J connectivity index is 2.15. The average molecular weight is 354 g/mol. The Bertz CT molecular complexity index is 875. The minimum absolute atomic E-state index is 0.0659. The molecule has 8 nitrogen and oxygen atoms in total. The quantitative estimate of drug-likeness (QED) is 0.311. The second-order valence-corrected chi connectivity index (χ2v) is 5.77. The molecule has 0 unspecified atom stereocenters. The van der Waals surface area contributed by atoms with Crippen molar-refractivity contribution in [1.82, 2.24) is 10.9 Å². The zero-order valence-electron chi connectivity index (χ0n) is 14.0. The van der Waals surface area contributed by atoms with Gasteiger partial charge in [-0.25, -0.2) is 11.7 Å². The predicted octanol–water partition coefficient (Wildman–Crippen LogP) is 1.43. The lowest BCUT2D eigenvalue weighted by Crippen LogP contribution is -2.30. The molecule has 6 N–H and O–H groups in total. The number of amides is 2. The maximum Gasteiger partial charge on any atom is 0.300 e. The molecule has 3 aromatic rings. The van der Waals surface area contributed by atoms with Crippen LogP contribution in [0.25, 0.3) is 0 Å². The summed E-state index contributed by atoms with van der Waals surface area (Å²) < 4.78 is 11.5. The Kier molecular flexibility index (Phi) is 4.61. The van der Waals surface area contributed by atoms with E-state index in [4.69, 9.17) is 20.5 Å². The molecule has 8 heteroatoms. The van der Waals surface area contributed by atoms with Crippen molar-refractivity contribution in [2.75, 3.05) is 0 Å². The number of hydrazine groups is 2. The Hall–Kier alpha value is -3.36. The molecule has 0 radical (unpaired) electrons. The molecule has 2 heterocycles. The van der Waals surface area contributed by atoms with Crippen LogP contribution in [0, 0.1) is 0 Å². The molecule has 134 valence electrons. The van der Waals surface area contributed by atoms with E-state index < -0.39 is 17.2 Å². The Morgan fingerprint density at radius 1 is 0.808 bits per heavy atom. The molecule has 2 aromatic heterocycles. The summed E-state index contributed by atoms with van der Waals surface area (Å²) in [5.74, 6) is 10.3. The summed E-state index contributed by atoms with van der Waals surface area (Å²) in [7, 11) is 0. The van der Waals surface area contributed by atoms with Crippen molar-refractivity contribution in [2.45, 2.75) is 12.3 Å². The van der Waals surface area contributed by atoms with Gasteiger partial charge in [-0.2, -0.15) is 0 Å². The van der Waals surface area contributed by atoms with E-state index in [9.17, 15) is 9.59 Å². The van der Waals surface area contributed by atoms with Crippen LogP contribution < -0.4 is 22.5 Å². The van der Waals surface area contributed by atoms with Gasteiger partial charge in [0.15, 0.2) is 11.5 Å². The fourth-order valence-corrected chi connectivity index (χ4v) is 2.78. The normalized spacial score (nSPS) is 11.2. The third-order valence-corrected chi connectivity index (χ3v) is 4.26. The van der Waals surface area contributed by atoms with Gasteiger partial charge in [0, 0.05) is 0 Å². The Labute approximate surface area is 149 Å². The van der Waals surface area contributed by atoms with Crippen molar-refractivity contribution in [3.63, 3.8) is 0 Å².